The standard InChI is InChI=1S/C8H10Cl2N2O/c9-5-3-6(10)8(12-4-5)7(11)1-2-13/h3-4,7,13H,1-2,11H2. The van der Waals surface area contributed by atoms with E-state index in [2.05, 4.69) is 4.98 Å². The molecule has 0 aliphatic heterocycles. The number of aliphatic hydroxyl groups excluding tert-OH is 1. The largest absolute Gasteiger partial charge is 0.396 e. The summed E-state index contributed by atoms with van der Waals surface area (Å²) in [5.74, 6) is 0. The maximum absolute atomic E-state index is 8.67. The predicted octanol–water partition coefficient (Wildman–Crippen LogP) is 1.77. The van der Waals surface area contributed by atoms with Gasteiger partial charge in [0, 0.05) is 12.8 Å². The second-order valence-corrected chi connectivity index (χ2v) is 3.48. The van der Waals surface area contributed by atoms with Crippen LogP contribution in [0.25, 0.3) is 0 Å². The van der Waals surface area contributed by atoms with Crippen LogP contribution < -0.4 is 5.73 Å². The van der Waals surface area contributed by atoms with Gasteiger partial charge in [0.25, 0.3) is 0 Å². The lowest BCUT2D eigenvalue weighted by molar-refractivity contribution is 0.275. The average Bonchev–Trinajstić information content (AvgIpc) is 2.04. The minimum atomic E-state index is -0.338. The first-order valence-corrected chi connectivity index (χ1v) is 4.58. The predicted molar refractivity (Wildman–Crippen MR) is 52.9 cm³/mol. The monoisotopic (exact) mass is 220 g/mol. The summed E-state index contributed by atoms with van der Waals surface area (Å²) < 4.78 is 0. The average molecular weight is 221 g/mol. The molecule has 1 unspecified atom stereocenters. The van der Waals surface area contributed by atoms with E-state index in [4.69, 9.17) is 34.0 Å². The summed E-state index contributed by atoms with van der Waals surface area (Å²) in [5.41, 5.74) is 6.28. The normalized spacial score (nSPS) is 12.9. The minimum absolute atomic E-state index is 0.0157. The van der Waals surface area contributed by atoms with E-state index in [1.807, 2.05) is 0 Å². The van der Waals surface area contributed by atoms with E-state index < -0.39 is 0 Å². The zero-order chi connectivity index (χ0) is 9.84. The number of hydrogen-bond acceptors (Lipinski definition) is 3. The summed E-state index contributed by atoms with van der Waals surface area (Å²) in [6.45, 7) is 0.0157. The lowest BCUT2D eigenvalue weighted by Gasteiger charge is -2.10. The van der Waals surface area contributed by atoms with Crippen molar-refractivity contribution in [2.75, 3.05) is 6.61 Å². The van der Waals surface area contributed by atoms with Gasteiger partial charge in [-0.2, -0.15) is 0 Å². The Kier molecular flexibility index (Phi) is 3.93. The van der Waals surface area contributed by atoms with Gasteiger partial charge in [-0.25, -0.2) is 0 Å². The molecular weight excluding hydrogens is 211 g/mol. The fraction of sp³-hybridized carbons (Fsp3) is 0.375. The van der Waals surface area contributed by atoms with Crippen LogP contribution >= 0.6 is 23.2 Å². The van der Waals surface area contributed by atoms with E-state index in [1.54, 1.807) is 6.07 Å². The molecule has 0 saturated heterocycles. The van der Waals surface area contributed by atoms with E-state index in [9.17, 15) is 0 Å². The van der Waals surface area contributed by atoms with Gasteiger partial charge >= 0.3 is 0 Å². The van der Waals surface area contributed by atoms with Crippen LogP contribution in [0, 0.1) is 0 Å². The highest BCUT2D eigenvalue weighted by Gasteiger charge is 2.11. The van der Waals surface area contributed by atoms with Crippen LogP contribution in [-0.4, -0.2) is 16.7 Å². The number of rotatable bonds is 3. The molecule has 0 fully saturated rings. The van der Waals surface area contributed by atoms with E-state index in [-0.39, 0.29) is 12.6 Å². The quantitative estimate of drug-likeness (QED) is 0.817. The van der Waals surface area contributed by atoms with Gasteiger partial charge in [0.2, 0.25) is 0 Å². The Bertz CT molecular complexity index is 293. The molecule has 0 aliphatic rings. The molecule has 5 heteroatoms. The summed E-state index contributed by atoms with van der Waals surface area (Å²) >= 11 is 11.5. The van der Waals surface area contributed by atoms with Crippen LogP contribution in [0.15, 0.2) is 12.3 Å². The third-order valence-electron chi connectivity index (χ3n) is 1.63. The van der Waals surface area contributed by atoms with Crippen LogP contribution in [0.2, 0.25) is 10.0 Å². The first kappa shape index (κ1) is 10.7. The number of hydrogen-bond donors (Lipinski definition) is 2. The lowest BCUT2D eigenvalue weighted by Crippen LogP contribution is -2.14. The third-order valence-corrected chi connectivity index (χ3v) is 2.14. The second-order valence-electron chi connectivity index (χ2n) is 2.64. The van der Waals surface area contributed by atoms with Crippen molar-refractivity contribution in [1.82, 2.24) is 4.98 Å². The Labute approximate surface area is 86.5 Å². The fourth-order valence-corrected chi connectivity index (χ4v) is 1.49. The van der Waals surface area contributed by atoms with Gasteiger partial charge in [-0.1, -0.05) is 23.2 Å². The Morgan fingerprint density at radius 2 is 2.23 bits per heavy atom. The summed E-state index contributed by atoms with van der Waals surface area (Å²) in [7, 11) is 0. The number of aliphatic hydroxyl groups is 1. The van der Waals surface area contributed by atoms with E-state index >= 15 is 0 Å². The number of halogens is 2. The number of pyridine rings is 1. The van der Waals surface area contributed by atoms with Gasteiger partial charge < -0.3 is 10.8 Å². The molecule has 13 heavy (non-hydrogen) atoms. The van der Waals surface area contributed by atoms with Crippen molar-refractivity contribution in [3.8, 4) is 0 Å². The molecule has 0 spiro atoms. The summed E-state index contributed by atoms with van der Waals surface area (Å²) in [4.78, 5) is 4.00. The summed E-state index contributed by atoms with van der Waals surface area (Å²) in [6, 6.07) is 1.25. The van der Waals surface area contributed by atoms with Crippen LogP contribution in [0.1, 0.15) is 18.2 Å². The highest BCUT2D eigenvalue weighted by atomic mass is 35.5. The highest BCUT2D eigenvalue weighted by Crippen LogP contribution is 2.23. The zero-order valence-corrected chi connectivity index (χ0v) is 8.39. The molecule has 0 aliphatic carbocycles. The van der Waals surface area contributed by atoms with Crippen molar-refractivity contribution >= 4 is 23.2 Å². The number of aromatic nitrogens is 1. The topological polar surface area (TPSA) is 59.1 Å². The smallest absolute Gasteiger partial charge is 0.0758 e. The van der Waals surface area contributed by atoms with Gasteiger partial charge in [0.1, 0.15) is 0 Å². The molecule has 1 aromatic rings. The van der Waals surface area contributed by atoms with Crippen LogP contribution in [0.3, 0.4) is 0 Å². The molecule has 1 atom stereocenters. The Balaban J connectivity index is 2.88. The molecule has 0 aromatic carbocycles. The maximum atomic E-state index is 8.67. The van der Waals surface area contributed by atoms with Crippen molar-refractivity contribution in [1.29, 1.82) is 0 Å². The first-order chi connectivity index (χ1) is 6.15. The fourth-order valence-electron chi connectivity index (χ4n) is 0.974. The Morgan fingerprint density at radius 3 is 2.77 bits per heavy atom. The molecule has 3 N–H and O–H groups in total. The van der Waals surface area contributed by atoms with Gasteiger partial charge in [-0.05, 0) is 12.5 Å². The molecule has 0 bridgehead atoms. The SMILES string of the molecule is NC(CCO)c1ncc(Cl)cc1Cl. The molecule has 3 nitrogen and oxygen atoms in total. The van der Waals surface area contributed by atoms with Crippen molar-refractivity contribution in [3.63, 3.8) is 0 Å². The molecule has 1 aromatic heterocycles. The minimum Gasteiger partial charge on any atom is -0.396 e. The number of nitrogens with two attached hydrogens (primary N) is 1. The van der Waals surface area contributed by atoms with Crippen LogP contribution in [-0.2, 0) is 0 Å². The van der Waals surface area contributed by atoms with Crippen molar-refractivity contribution < 1.29 is 5.11 Å². The van der Waals surface area contributed by atoms with E-state index in [0.717, 1.165) is 0 Å². The Morgan fingerprint density at radius 1 is 1.54 bits per heavy atom. The molecule has 0 radical (unpaired) electrons. The van der Waals surface area contributed by atoms with Crippen LogP contribution in [0.4, 0.5) is 0 Å². The van der Waals surface area contributed by atoms with Gasteiger partial charge in [-0.3, -0.25) is 4.98 Å². The summed E-state index contributed by atoms with van der Waals surface area (Å²) in [6.07, 6.45) is 1.92. The van der Waals surface area contributed by atoms with E-state index in [1.165, 1.54) is 6.20 Å². The molecule has 72 valence electrons. The van der Waals surface area contributed by atoms with Gasteiger partial charge in [0.05, 0.1) is 21.8 Å². The Hall–Kier alpha value is -0.350. The molecular formula is C8H10Cl2N2O. The van der Waals surface area contributed by atoms with Crippen molar-refractivity contribution in [2.24, 2.45) is 5.73 Å². The number of nitrogens with zero attached hydrogens (tertiary/aromatic N) is 1. The van der Waals surface area contributed by atoms with E-state index in [0.29, 0.717) is 22.2 Å². The van der Waals surface area contributed by atoms with Crippen LogP contribution in [0.5, 0.6) is 0 Å². The second kappa shape index (κ2) is 4.77. The molecule has 0 amide bonds. The molecule has 0 saturated carbocycles. The lowest BCUT2D eigenvalue weighted by atomic mass is 10.1. The molecule has 1 heterocycles. The van der Waals surface area contributed by atoms with Gasteiger partial charge in [-0.15, -0.1) is 0 Å². The highest BCUT2D eigenvalue weighted by molar-refractivity contribution is 6.34. The summed E-state index contributed by atoms with van der Waals surface area (Å²) in [5, 5.41) is 9.58. The molecule has 1 rings (SSSR count). The maximum Gasteiger partial charge on any atom is 0.0758 e. The van der Waals surface area contributed by atoms with Crippen molar-refractivity contribution in [3.05, 3.63) is 28.0 Å². The van der Waals surface area contributed by atoms with Gasteiger partial charge in [0.15, 0.2) is 0 Å². The first-order valence-electron chi connectivity index (χ1n) is 3.82. The third kappa shape index (κ3) is 2.81. The van der Waals surface area contributed by atoms with Crippen molar-refractivity contribution in [2.45, 2.75) is 12.5 Å². The zero-order valence-electron chi connectivity index (χ0n) is 6.87.